The van der Waals surface area contributed by atoms with Crippen LogP contribution in [0.1, 0.15) is 36.1 Å². The Morgan fingerprint density at radius 1 is 1.27 bits per heavy atom. The minimum absolute atomic E-state index is 0. The lowest BCUT2D eigenvalue weighted by Gasteiger charge is -2.27. The molecular weight excluding hydrogens is 321 g/mol. The van der Waals surface area contributed by atoms with Crippen molar-refractivity contribution in [3.63, 3.8) is 0 Å². The van der Waals surface area contributed by atoms with Gasteiger partial charge in [0.2, 0.25) is 0 Å². The molecule has 6 heteroatoms. The third-order valence-corrected chi connectivity index (χ3v) is 4.32. The Hall–Kier alpha value is -0.550. The minimum Gasteiger partial charge on any atom is -0.496 e. The van der Waals surface area contributed by atoms with E-state index < -0.39 is 0 Å². The third-order valence-electron chi connectivity index (χ3n) is 4.32. The summed E-state index contributed by atoms with van der Waals surface area (Å²) in [6.07, 6.45) is 5.67. The molecule has 0 bridgehead atoms. The highest BCUT2D eigenvalue weighted by molar-refractivity contribution is 5.85. The molecule has 1 aliphatic rings. The molecule has 1 atom stereocenters. The fourth-order valence-electron chi connectivity index (χ4n) is 3.04. The number of aromatic nitrogens is 1. The van der Waals surface area contributed by atoms with E-state index >= 15 is 0 Å². The zero-order valence-corrected chi connectivity index (χ0v) is 15.6. The first-order chi connectivity index (χ1) is 9.63. The van der Waals surface area contributed by atoms with Crippen LogP contribution in [-0.4, -0.2) is 43.2 Å². The second-order valence-electron chi connectivity index (χ2n) is 5.80. The molecule has 2 heterocycles. The Labute approximate surface area is 146 Å². The average molecular weight is 350 g/mol. The first-order valence-electron chi connectivity index (χ1n) is 7.53. The standard InChI is InChI=1S/C16H27N3O.2ClH/c1-12-10-18-15(13(2)16(12)20-4)11-19(3)14-6-5-8-17-9-7-14;;/h10,14,17H,5-9,11H2,1-4H3;2*1H. The highest BCUT2D eigenvalue weighted by atomic mass is 35.5. The van der Waals surface area contributed by atoms with E-state index in [0.717, 1.165) is 36.6 Å². The molecule has 22 heavy (non-hydrogen) atoms. The van der Waals surface area contributed by atoms with E-state index in [4.69, 9.17) is 4.74 Å². The smallest absolute Gasteiger partial charge is 0.128 e. The second-order valence-corrected chi connectivity index (χ2v) is 5.80. The van der Waals surface area contributed by atoms with Crippen LogP contribution in [0.2, 0.25) is 0 Å². The Kier molecular flexibility index (Phi) is 10.0. The maximum Gasteiger partial charge on any atom is 0.128 e. The number of pyridine rings is 1. The molecule has 1 aliphatic heterocycles. The zero-order chi connectivity index (χ0) is 14.5. The second kappa shape index (κ2) is 10.3. The van der Waals surface area contributed by atoms with Crippen molar-refractivity contribution < 1.29 is 4.74 Å². The van der Waals surface area contributed by atoms with E-state index in [2.05, 4.69) is 29.2 Å². The van der Waals surface area contributed by atoms with Gasteiger partial charge in [0.05, 0.1) is 12.8 Å². The van der Waals surface area contributed by atoms with Gasteiger partial charge in [0.1, 0.15) is 5.75 Å². The molecule has 0 radical (unpaired) electrons. The Bertz CT molecular complexity index is 449. The number of hydrogen-bond donors (Lipinski definition) is 1. The normalized spacial score (nSPS) is 18.1. The summed E-state index contributed by atoms with van der Waals surface area (Å²) < 4.78 is 5.49. The van der Waals surface area contributed by atoms with Gasteiger partial charge in [0.15, 0.2) is 0 Å². The van der Waals surface area contributed by atoms with Crippen LogP contribution in [-0.2, 0) is 6.54 Å². The van der Waals surface area contributed by atoms with Crippen LogP contribution in [0.4, 0.5) is 0 Å². The number of methoxy groups -OCH3 is 1. The summed E-state index contributed by atoms with van der Waals surface area (Å²) in [5.74, 6) is 0.978. The molecular formula is C16H29Cl2N3O. The van der Waals surface area contributed by atoms with Gasteiger partial charge in [-0.05, 0) is 53.2 Å². The number of ether oxygens (including phenoxy) is 1. The van der Waals surface area contributed by atoms with E-state index in [1.54, 1.807) is 7.11 Å². The highest BCUT2D eigenvalue weighted by Gasteiger charge is 2.19. The molecule has 0 aliphatic carbocycles. The quantitative estimate of drug-likeness (QED) is 0.905. The summed E-state index contributed by atoms with van der Waals surface area (Å²) in [5.41, 5.74) is 3.41. The number of hydrogen-bond acceptors (Lipinski definition) is 4. The summed E-state index contributed by atoms with van der Waals surface area (Å²) in [5, 5.41) is 3.47. The topological polar surface area (TPSA) is 37.4 Å². The lowest BCUT2D eigenvalue weighted by atomic mass is 10.1. The van der Waals surface area contributed by atoms with E-state index in [1.807, 2.05) is 13.1 Å². The van der Waals surface area contributed by atoms with Crippen LogP contribution >= 0.6 is 24.8 Å². The molecule has 0 saturated carbocycles. The summed E-state index contributed by atoms with van der Waals surface area (Å²) in [7, 11) is 3.95. The number of nitrogens with zero attached hydrogens (tertiary/aromatic N) is 2. The maximum absolute atomic E-state index is 5.49. The van der Waals surface area contributed by atoms with E-state index in [0.29, 0.717) is 6.04 Å². The first-order valence-corrected chi connectivity index (χ1v) is 7.53. The predicted molar refractivity (Wildman–Crippen MR) is 96.7 cm³/mol. The first kappa shape index (κ1) is 21.4. The van der Waals surface area contributed by atoms with Crippen molar-refractivity contribution in [1.29, 1.82) is 0 Å². The fraction of sp³-hybridized carbons (Fsp3) is 0.688. The summed E-state index contributed by atoms with van der Waals surface area (Å²) in [6.45, 7) is 7.33. The van der Waals surface area contributed by atoms with Crippen molar-refractivity contribution in [2.45, 2.75) is 45.7 Å². The third kappa shape index (κ3) is 5.27. The van der Waals surface area contributed by atoms with Gasteiger partial charge in [-0.25, -0.2) is 0 Å². The average Bonchev–Trinajstić information content (AvgIpc) is 2.71. The fourth-order valence-corrected chi connectivity index (χ4v) is 3.04. The van der Waals surface area contributed by atoms with Gasteiger partial charge in [-0.2, -0.15) is 0 Å². The Morgan fingerprint density at radius 3 is 2.68 bits per heavy atom. The van der Waals surface area contributed by atoms with E-state index in [-0.39, 0.29) is 24.8 Å². The van der Waals surface area contributed by atoms with Crippen molar-refractivity contribution in [2.75, 3.05) is 27.2 Å². The van der Waals surface area contributed by atoms with Gasteiger partial charge in [-0.1, -0.05) is 0 Å². The maximum atomic E-state index is 5.49. The van der Waals surface area contributed by atoms with Gasteiger partial charge in [0, 0.05) is 29.9 Å². The largest absolute Gasteiger partial charge is 0.496 e. The molecule has 1 fully saturated rings. The molecule has 128 valence electrons. The molecule has 1 N–H and O–H groups in total. The lowest BCUT2D eigenvalue weighted by Crippen LogP contribution is -2.32. The van der Waals surface area contributed by atoms with Crippen LogP contribution in [0, 0.1) is 13.8 Å². The molecule has 1 aromatic heterocycles. The van der Waals surface area contributed by atoms with Crippen LogP contribution < -0.4 is 10.1 Å². The molecule has 0 amide bonds. The number of halogens is 2. The van der Waals surface area contributed by atoms with Crippen molar-refractivity contribution >= 4 is 24.8 Å². The van der Waals surface area contributed by atoms with Gasteiger partial charge >= 0.3 is 0 Å². The number of nitrogens with one attached hydrogen (secondary N) is 1. The predicted octanol–water partition coefficient (Wildman–Crippen LogP) is 3.12. The van der Waals surface area contributed by atoms with E-state index in [9.17, 15) is 0 Å². The molecule has 1 saturated heterocycles. The SMILES string of the molecule is COc1c(C)cnc(CN(C)C2CCCNCC2)c1C.Cl.Cl. The number of aryl methyl sites for hydroxylation is 1. The number of rotatable bonds is 4. The zero-order valence-electron chi connectivity index (χ0n) is 14.0. The highest BCUT2D eigenvalue weighted by Crippen LogP contribution is 2.25. The molecule has 1 aromatic rings. The minimum atomic E-state index is 0. The molecule has 4 nitrogen and oxygen atoms in total. The molecule has 1 unspecified atom stereocenters. The summed E-state index contributed by atoms with van der Waals surface area (Å²) in [6, 6.07) is 0.651. The molecule has 2 rings (SSSR count). The van der Waals surface area contributed by atoms with E-state index in [1.165, 1.54) is 24.8 Å². The van der Waals surface area contributed by atoms with Crippen LogP contribution in [0.5, 0.6) is 5.75 Å². The lowest BCUT2D eigenvalue weighted by molar-refractivity contribution is 0.213. The van der Waals surface area contributed by atoms with Crippen molar-refractivity contribution in [3.8, 4) is 5.75 Å². The van der Waals surface area contributed by atoms with Gasteiger partial charge < -0.3 is 10.1 Å². The van der Waals surface area contributed by atoms with Crippen molar-refractivity contribution in [3.05, 3.63) is 23.0 Å². The monoisotopic (exact) mass is 349 g/mol. The Morgan fingerprint density at radius 2 is 2.00 bits per heavy atom. The van der Waals surface area contributed by atoms with Crippen molar-refractivity contribution in [2.24, 2.45) is 0 Å². The summed E-state index contributed by atoms with van der Waals surface area (Å²) >= 11 is 0. The molecule has 0 spiro atoms. The molecule has 0 aromatic carbocycles. The van der Waals surface area contributed by atoms with Crippen molar-refractivity contribution in [1.82, 2.24) is 15.2 Å². The Balaban J connectivity index is 0.00000220. The van der Waals surface area contributed by atoms with Crippen LogP contribution in [0.25, 0.3) is 0 Å². The van der Waals surface area contributed by atoms with Gasteiger partial charge in [-0.15, -0.1) is 24.8 Å². The van der Waals surface area contributed by atoms with Gasteiger partial charge in [0.25, 0.3) is 0 Å². The van der Waals surface area contributed by atoms with Crippen LogP contribution in [0.15, 0.2) is 6.20 Å². The van der Waals surface area contributed by atoms with Crippen LogP contribution in [0.3, 0.4) is 0 Å². The summed E-state index contributed by atoms with van der Waals surface area (Å²) in [4.78, 5) is 7.05. The van der Waals surface area contributed by atoms with Gasteiger partial charge in [-0.3, -0.25) is 9.88 Å².